The van der Waals surface area contributed by atoms with Crippen molar-refractivity contribution >= 4 is 5.69 Å². The van der Waals surface area contributed by atoms with E-state index in [1.54, 1.807) is 18.2 Å². The molecule has 1 aliphatic heterocycles. The molecule has 0 saturated carbocycles. The second-order valence-corrected chi connectivity index (χ2v) is 5.81. The highest BCUT2D eigenvalue weighted by molar-refractivity contribution is 5.35. The second-order valence-electron chi connectivity index (χ2n) is 5.81. The summed E-state index contributed by atoms with van der Waals surface area (Å²) in [6.07, 6.45) is 3.39. The lowest BCUT2D eigenvalue weighted by molar-refractivity contribution is -0.385. The summed E-state index contributed by atoms with van der Waals surface area (Å²) < 4.78 is 0. The zero-order valence-electron chi connectivity index (χ0n) is 12.9. The van der Waals surface area contributed by atoms with Gasteiger partial charge in [0.15, 0.2) is 0 Å². The summed E-state index contributed by atoms with van der Waals surface area (Å²) in [5, 5.41) is 14.2. The Morgan fingerprint density at radius 3 is 2.71 bits per heavy atom. The fourth-order valence-electron chi connectivity index (χ4n) is 3.31. The predicted octanol–water partition coefficient (Wildman–Crippen LogP) is 2.98. The van der Waals surface area contributed by atoms with Crippen LogP contribution in [0.4, 0.5) is 5.69 Å². The van der Waals surface area contributed by atoms with Gasteiger partial charge in [-0.15, -0.1) is 0 Å². The smallest absolute Gasteiger partial charge is 0.269 e. The van der Waals surface area contributed by atoms with Gasteiger partial charge in [0.2, 0.25) is 0 Å². The Kier molecular flexibility index (Phi) is 5.70. The summed E-state index contributed by atoms with van der Waals surface area (Å²) >= 11 is 0. The van der Waals surface area contributed by atoms with Crippen molar-refractivity contribution in [3.05, 3.63) is 39.9 Å². The van der Waals surface area contributed by atoms with E-state index in [0.717, 1.165) is 37.5 Å². The van der Waals surface area contributed by atoms with Crippen LogP contribution in [0.15, 0.2) is 24.3 Å². The maximum atomic E-state index is 10.9. The molecule has 1 atom stereocenters. The van der Waals surface area contributed by atoms with Crippen LogP contribution in [0.5, 0.6) is 0 Å². The van der Waals surface area contributed by atoms with Gasteiger partial charge in [0.25, 0.3) is 5.69 Å². The minimum absolute atomic E-state index is 0.191. The Morgan fingerprint density at radius 1 is 1.43 bits per heavy atom. The lowest BCUT2D eigenvalue weighted by atomic mass is 9.93. The van der Waals surface area contributed by atoms with Crippen LogP contribution in [-0.2, 0) is 0 Å². The molecular weight excluding hydrogens is 266 g/mol. The molecule has 21 heavy (non-hydrogen) atoms. The summed E-state index contributed by atoms with van der Waals surface area (Å²) in [6, 6.07) is 7.40. The van der Waals surface area contributed by atoms with Crippen molar-refractivity contribution in [1.82, 2.24) is 10.2 Å². The summed E-state index contributed by atoms with van der Waals surface area (Å²) in [5.74, 6) is 0.758. The van der Waals surface area contributed by atoms with Gasteiger partial charge in [-0.1, -0.05) is 19.1 Å². The first kappa shape index (κ1) is 15.9. The van der Waals surface area contributed by atoms with E-state index in [1.165, 1.54) is 12.8 Å². The van der Waals surface area contributed by atoms with Crippen molar-refractivity contribution in [2.45, 2.75) is 32.2 Å². The van der Waals surface area contributed by atoms with Crippen LogP contribution in [0.3, 0.4) is 0 Å². The number of hydrogen-bond donors (Lipinski definition) is 1. The molecular formula is C16H25N3O2. The molecule has 5 nitrogen and oxygen atoms in total. The molecule has 1 saturated heterocycles. The van der Waals surface area contributed by atoms with Gasteiger partial charge in [-0.2, -0.15) is 0 Å². The van der Waals surface area contributed by atoms with E-state index in [9.17, 15) is 10.1 Å². The van der Waals surface area contributed by atoms with Crippen LogP contribution in [0.25, 0.3) is 0 Å². The Bertz CT molecular complexity index is 470. The minimum Gasteiger partial charge on any atom is -0.319 e. The molecule has 1 aliphatic rings. The van der Waals surface area contributed by atoms with Crippen LogP contribution >= 0.6 is 0 Å². The van der Waals surface area contributed by atoms with Gasteiger partial charge in [-0.05, 0) is 57.4 Å². The Hall–Kier alpha value is -1.46. The summed E-state index contributed by atoms with van der Waals surface area (Å²) in [4.78, 5) is 13.1. The largest absolute Gasteiger partial charge is 0.319 e. The van der Waals surface area contributed by atoms with Crippen molar-refractivity contribution in [3.8, 4) is 0 Å². The van der Waals surface area contributed by atoms with E-state index in [-0.39, 0.29) is 10.6 Å². The van der Waals surface area contributed by atoms with E-state index < -0.39 is 0 Å². The average molecular weight is 291 g/mol. The third-order valence-corrected chi connectivity index (χ3v) is 4.44. The number of nitrogens with one attached hydrogen (secondary N) is 1. The van der Waals surface area contributed by atoms with Crippen molar-refractivity contribution in [3.63, 3.8) is 0 Å². The zero-order chi connectivity index (χ0) is 15.2. The first-order valence-corrected chi connectivity index (χ1v) is 7.78. The predicted molar refractivity (Wildman–Crippen MR) is 84.4 cm³/mol. The van der Waals surface area contributed by atoms with Gasteiger partial charge in [0.05, 0.1) is 4.92 Å². The molecule has 0 spiro atoms. The number of hydrogen-bond acceptors (Lipinski definition) is 4. The van der Waals surface area contributed by atoms with E-state index in [2.05, 4.69) is 17.1 Å². The van der Waals surface area contributed by atoms with Crippen LogP contribution in [0.2, 0.25) is 0 Å². The molecule has 116 valence electrons. The van der Waals surface area contributed by atoms with E-state index in [1.807, 2.05) is 13.1 Å². The number of non-ortho nitro benzene ring substituents is 1. The molecule has 0 radical (unpaired) electrons. The lowest BCUT2D eigenvalue weighted by Crippen LogP contribution is -2.38. The van der Waals surface area contributed by atoms with Crippen molar-refractivity contribution in [2.75, 3.05) is 26.7 Å². The highest BCUT2D eigenvalue weighted by Gasteiger charge is 2.25. The highest BCUT2D eigenvalue weighted by atomic mass is 16.6. The molecule has 0 amide bonds. The fraction of sp³-hybridized carbons (Fsp3) is 0.625. The Balaban J connectivity index is 2.06. The van der Waals surface area contributed by atoms with Gasteiger partial charge in [0.1, 0.15) is 0 Å². The fourth-order valence-corrected chi connectivity index (χ4v) is 3.31. The number of nitro groups is 1. The number of nitro benzene ring substituents is 1. The molecule has 1 aromatic carbocycles. The SMILES string of the molecule is CCC(c1cccc([N+](=O)[O-])c1)N1CCC(CNC)CC1. The topological polar surface area (TPSA) is 58.4 Å². The van der Waals surface area contributed by atoms with Crippen LogP contribution in [-0.4, -0.2) is 36.5 Å². The van der Waals surface area contributed by atoms with Gasteiger partial charge < -0.3 is 5.32 Å². The van der Waals surface area contributed by atoms with Gasteiger partial charge in [-0.25, -0.2) is 0 Å². The molecule has 1 unspecified atom stereocenters. The number of rotatable bonds is 6. The van der Waals surface area contributed by atoms with E-state index in [0.29, 0.717) is 6.04 Å². The first-order valence-electron chi connectivity index (χ1n) is 7.78. The van der Waals surface area contributed by atoms with E-state index >= 15 is 0 Å². The van der Waals surface area contributed by atoms with Gasteiger partial charge in [0, 0.05) is 18.2 Å². The Labute approximate surface area is 126 Å². The molecule has 1 N–H and O–H groups in total. The Morgan fingerprint density at radius 2 is 2.14 bits per heavy atom. The first-order chi connectivity index (χ1) is 10.2. The maximum Gasteiger partial charge on any atom is 0.269 e. The normalized spacial score (nSPS) is 18.6. The molecule has 2 rings (SSSR count). The second kappa shape index (κ2) is 7.52. The van der Waals surface area contributed by atoms with Gasteiger partial charge >= 0.3 is 0 Å². The van der Waals surface area contributed by atoms with Crippen molar-refractivity contribution < 1.29 is 4.92 Å². The number of likely N-dealkylation sites (tertiary alicyclic amines) is 1. The van der Waals surface area contributed by atoms with Crippen LogP contribution in [0, 0.1) is 16.0 Å². The standard InChI is InChI=1S/C16H25N3O2/c1-3-16(14-5-4-6-15(11-14)19(20)21)18-9-7-13(8-10-18)12-17-2/h4-6,11,13,16-17H,3,7-10,12H2,1-2H3. The summed E-state index contributed by atoms with van der Waals surface area (Å²) in [5.41, 5.74) is 1.26. The highest BCUT2D eigenvalue weighted by Crippen LogP contribution is 2.30. The van der Waals surface area contributed by atoms with Crippen molar-refractivity contribution in [1.29, 1.82) is 0 Å². The molecule has 5 heteroatoms. The number of piperidine rings is 1. The quantitative estimate of drug-likeness (QED) is 0.646. The molecule has 1 heterocycles. The molecule has 0 aromatic heterocycles. The summed E-state index contributed by atoms with van der Waals surface area (Å²) in [6.45, 7) is 5.39. The number of nitrogens with zero attached hydrogens (tertiary/aromatic N) is 2. The monoisotopic (exact) mass is 291 g/mol. The molecule has 0 bridgehead atoms. The average Bonchev–Trinajstić information content (AvgIpc) is 2.50. The third-order valence-electron chi connectivity index (χ3n) is 4.44. The maximum absolute atomic E-state index is 10.9. The van der Waals surface area contributed by atoms with Gasteiger partial charge in [-0.3, -0.25) is 15.0 Å². The summed E-state index contributed by atoms with van der Waals surface area (Å²) in [7, 11) is 2.00. The van der Waals surface area contributed by atoms with Crippen LogP contribution in [0.1, 0.15) is 37.8 Å². The third kappa shape index (κ3) is 4.02. The van der Waals surface area contributed by atoms with Crippen molar-refractivity contribution in [2.24, 2.45) is 5.92 Å². The number of benzene rings is 1. The minimum atomic E-state index is -0.310. The van der Waals surface area contributed by atoms with Crippen LogP contribution < -0.4 is 5.32 Å². The zero-order valence-corrected chi connectivity index (χ0v) is 12.9. The molecule has 1 aromatic rings. The molecule has 0 aliphatic carbocycles. The molecule has 1 fully saturated rings. The van der Waals surface area contributed by atoms with E-state index in [4.69, 9.17) is 0 Å². The lowest BCUT2D eigenvalue weighted by Gasteiger charge is -2.37.